The van der Waals surface area contributed by atoms with Crippen LogP contribution in [0.4, 0.5) is 0 Å². The molecule has 102 valence electrons. The summed E-state index contributed by atoms with van der Waals surface area (Å²) in [4.78, 5) is 12.6. The van der Waals surface area contributed by atoms with E-state index in [1.165, 1.54) is 0 Å². The molecule has 0 spiro atoms. The molecule has 3 heteroatoms. The van der Waals surface area contributed by atoms with Gasteiger partial charge < -0.3 is 5.48 Å². The molecule has 2 aliphatic carbocycles. The normalized spacial score (nSPS) is 31.9. The molecule has 2 aliphatic rings. The first-order valence-electron chi connectivity index (χ1n) is 6.78. The van der Waals surface area contributed by atoms with Crippen molar-refractivity contribution in [2.75, 3.05) is 0 Å². The molecule has 0 N–H and O–H groups in total. The van der Waals surface area contributed by atoms with Gasteiger partial charge in [-0.15, -0.1) is 0 Å². The molecule has 0 amide bonds. The summed E-state index contributed by atoms with van der Waals surface area (Å²) in [5, 5.41) is 0. The van der Waals surface area contributed by atoms with Crippen LogP contribution >= 0.6 is 0 Å². The Morgan fingerprint density at radius 1 is 1.15 bits per heavy atom. The fraction of sp³-hybridized carbons (Fsp3) is 0.471. The second-order valence-corrected chi connectivity index (χ2v) is 6.48. The Morgan fingerprint density at radius 2 is 1.75 bits per heavy atom. The second-order valence-electron chi connectivity index (χ2n) is 6.48. The van der Waals surface area contributed by atoms with Crippen LogP contribution in [0.1, 0.15) is 39.2 Å². The summed E-state index contributed by atoms with van der Waals surface area (Å²) >= 11 is 0. The van der Waals surface area contributed by atoms with Crippen molar-refractivity contribution >= 4 is 11.9 Å². The second kappa shape index (κ2) is 5.54. The largest absolute Gasteiger partial charge is 2.00 e. The molecule has 0 saturated heterocycles. The quantitative estimate of drug-likeness (QED) is 0.570. The van der Waals surface area contributed by atoms with Gasteiger partial charge in [-0.25, -0.2) is 0 Å². The number of carbonyl (C=O) groups is 1. The van der Waals surface area contributed by atoms with Crippen molar-refractivity contribution in [3.05, 3.63) is 41.5 Å². The molecule has 0 heterocycles. The summed E-state index contributed by atoms with van der Waals surface area (Å²) in [5.74, 6) is 0.822. The van der Waals surface area contributed by atoms with Gasteiger partial charge >= 0.3 is 19.5 Å². The molecule has 0 aromatic heterocycles. The Balaban J connectivity index is 0.000001000. The minimum Gasteiger partial charge on any atom is -2.00 e. The number of benzene rings is 1. The Bertz CT molecular complexity index is 533. The molecule has 2 saturated carbocycles. The molecule has 2 unspecified atom stereocenters. The molecule has 2 fully saturated rings. The van der Waals surface area contributed by atoms with Crippen molar-refractivity contribution < 1.29 is 29.7 Å². The van der Waals surface area contributed by atoms with Crippen LogP contribution in [0.25, 0.3) is 6.08 Å². The summed E-state index contributed by atoms with van der Waals surface area (Å²) in [6.45, 7) is 6.67. The Labute approximate surface area is 133 Å². The third kappa shape index (κ3) is 2.12. The minimum absolute atomic E-state index is 0. The maximum Gasteiger partial charge on any atom is 2.00 e. The minimum atomic E-state index is -0.141. The van der Waals surface area contributed by atoms with Gasteiger partial charge in [-0.2, -0.15) is 0 Å². The fourth-order valence-electron chi connectivity index (χ4n) is 3.82. The van der Waals surface area contributed by atoms with Gasteiger partial charge in [-0.1, -0.05) is 51.1 Å². The van der Waals surface area contributed by atoms with Crippen LogP contribution in [0.3, 0.4) is 0 Å². The average Bonchev–Trinajstić information content (AvgIpc) is 2.65. The number of fused-ring (bicyclic) bond motifs is 2. The van der Waals surface area contributed by atoms with E-state index in [9.17, 15) is 4.79 Å². The van der Waals surface area contributed by atoms with Crippen LogP contribution in [-0.2, 0) is 29.7 Å². The van der Waals surface area contributed by atoms with Gasteiger partial charge in [-0.3, -0.25) is 4.79 Å². The van der Waals surface area contributed by atoms with E-state index in [1.54, 1.807) is 0 Å². The molecule has 1 aromatic rings. The van der Waals surface area contributed by atoms with Crippen molar-refractivity contribution in [2.45, 2.75) is 33.6 Å². The van der Waals surface area contributed by atoms with Crippen molar-refractivity contribution in [1.82, 2.24) is 0 Å². The van der Waals surface area contributed by atoms with Crippen molar-refractivity contribution in [1.29, 1.82) is 0 Å². The maximum absolute atomic E-state index is 12.6. The van der Waals surface area contributed by atoms with Gasteiger partial charge in [0, 0.05) is 5.41 Å². The third-order valence-electron chi connectivity index (χ3n) is 5.49. The number of hydrogen-bond donors (Lipinski definition) is 0. The monoisotopic (exact) mass is 320 g/mol. The number of ketones is 1. The van der Waals surface area contributed by atoms with Crippen LogP contribution in [0.5, 0.6) is 0 Å². The van der Waals surface area contributed by atoms with E-state index in [0.29, 0.717) is 11.7 Å². The SMILES string of the molecule is CC12CCC(C(=Cc3ccccc3)C1=O)C2(C)C.[O-2].[Zn+2]. The summed E-state index contributed by atoms with van der Waals surface area (Å²) in [5.41, 5.74) is 2.18. The van der Waals surface area contributed by atoms with Crippen LogP contribution < -0.4 is 0 Å². The van der Waals surface area contributed by atoms with Crippen LogP contribution in [0.15, 0.2) is 35.9 Å². The van der Waals surface area contributed by atoms with Crippen molar-refractivity contribution in [3.8, 4) is 0 Å². The number of allylic oxidation sites excluding steroid dienone is 1. The Morgan fingerprint density at radius 3 is 2.25 bits per heavy atom. The number of hydrogen-bond acceptors (Lipinski definition) is 1. The molecule has 1 aromatic carbocycles. The predicted octanol–water partition coefficient (Wildman–Crippen LogP) is 3.97. The Hall–Kier alpha value is -0.787. The molecule has 0 aliphatic heterocycles. The van der Waals surface area contributed by atoms with Gasteiger partial charge in [0.25, 0.3) is 0 Å². The fourth-order valence-corrected chi connectivity index (χ4v) is 3.82. The summed E-state index contributed by atoms with van der Waals surface area (Å²) in [6, 6.07) is 10.2. The third-order valence-corrected chi connectivity index (χ3v) is 5.49. The zero-order chi connectivity index (χ0) is 13.0. The van der Waals surface area contributed by atoms with Crippen LogP contribution in [0.2, 0.25) is 0 Å². The molecule has 0 radical (unpaired) electrons. The molecule has 2 bridgehead atoms. The standard InChI is InChI=1S/C17H20O.O.Zn/c1-16(2)14-9-10-17(16,3)15(18)13(14)11-12-7-5-4-6-8-12;;/h4-8,11,14H,9-10H2,1-3H3;;/q;-2;+2. The van der Waals surface area contributed by atoms with Gasteiger partial charge in [0.1, 0.15) is 0 Å². The maximum atomic E-state index is 12.6. The molecule has 20 heavy (non-hydrogen) atoms. The van der Waals surface area contributed by atoms with E-state index in [2.05, 4.69) is 39.0 Å². The van der Waals surface area contributed by atoms with Gasteiger partial charge in [0.05, 0.1) is 0 Å². The van der Waals surface area contributed by atoms with E-state index in [-0.39, 0.29) is 35.8 Å². The smallest absolute Gasteiger partial charge is 2.00 e. The van der Waals surface area contributed by atoms with E-state index < -0.39 is 0 Å². The average molecular weight is 322 g/mol. The van der Waals surface area contributed by atoms with Gasteiger partial charge in [-0.05, 0) is 41.4 Å². The molecular formula is C17H20O2Zn. The number of rotatable bonds is 1. The zero-order valence-corrected chi connectivity index (χ0v) is 15.4. The first-order chi connectivity index (χ1) is 8.47. The summed E-state index contributed by atoms with van der Waals surface area (Å²) in [7, 11) is 0. The van der Waals surface area contributed by atoms with Crippen LogP contribution in [-0.4, -0.2) is 5.78 Å². The van der Waals surface area contributed by atoms with Crippen molar-refractivity contribution in [2.24, 2.45) is 16.7 Å². The van der Waals surface area contributed by atoms with E-state index in [1.807, 2.05) is 18.2 Å². The van der Waals surface area contributed by atoms with Gasteiger partial charge in [0.15, 0.2) is 5.78 Å². The predicted molar refractivity (Wildman–Crippen MR) is 74.7 cm³/mol. The number of Topliss-reactive ketones (excluding diaryl/α,β-unsaturated/α-hetero) is 1. The molecule has 2 atom stereocenters. The zero-order valence-electron chi connectivity index (χ0n) is 12.5. The first-order valence-corrected chi connectivity index (χ1v) is 6.78. The summed E-state index contributed by atoms with van der Waals surface area (Å²) in [6.07, 6.45) is 4.32. The number of carbonyl (C=O) groups excluding carboxylic acids is 1. The topological polar surface area (TPSA) is 45.6 Å². The van der Waals surface area contributed by atoms with Crippen molar-refractivity contribution in [3.63, 3.8) is 0 Å². The van der Waals surface area contributed by atoms with E-state index in [0.717, 1.165) is 24.0 Å². The molecule has 3 rings (SSSR count). The molecular weight excluding hydrogens is 302 g/mol. The van der Waals surface area contributed by atoms with Crippen LogP contribution in [0, 0.1) is 16.7 Å². The Kier molecular flexibility index (Phi) is 4.78. The van der Waals surface area contributed by atoms with E-state index >= 15 is 0 Å². The first kappa shape index (κ1) is 17.3. The molecule has 2 nitrogen and oxygen atoms in total. The van der Waals surface area contributed by atoms with Gasteiger partial charge in [0.2, 0.25) is 0 Å². The van der Waals surface area contributed by atoms with E-state index in [4.69, 9.17) is 0 Å². The summed E-state index contributed by atoms with van der Waals surface area (Å²) < 4.78 is 0.